The van der Waals surface area contributed by atoms with E-state index < -0.39 is 0 Å². The Morgan fingerprint density at radius 2 is 1.95 bits per heavy atom. The van der Waals surface area contributed by atoms with Crippen molar-refractivity contribution in [3.63, 3.8) is 0 Å². The molecule has 4 heteroatoms. The molecule has 20 heavy (non-hydrogen) atoms. The molecule has 110 valence electrons. The number of hydrogen-bond acceptors (Lipinski definition) is 2. The average molecular weight is 277 g/mol. The molecule has 0 heterocycles. The molecule has 1 aliphatic carbocycles. The van der Waals surface area contributed by atoms with Crippen LogP contribution in [0.3, 0.4) is 0 Å². The van der Waals surface area contributed by atoms with E-state index in [2.05, 4.69) is 13.8 Å². The van der Waals surface area contributed by atoms with E-state index in [1.807, 2.05) is 11.9 Å². The zero-order valence-electron chi connectivity index (χ0n) is 12.5. The van der Waals surface area contributed by atoms with Crippen LogP contribution < -0.4 is 10.6 Å². The highest BCUT2D eigenvalue weighted by molar-refractivity contribution is 5.95. The summed E-state index contributed by atoms with van der Waals surface area (Å²) < 4.78 is 14.2. The Kier molecular flexibility index (Phi) is 4.02. The summed E-state index contributed by atoms with van der Waals surface area (Å²) >= 11 is 0. The fourth-order valence-corrected chi connectivity index (χ4v) is 2.93. The van der Waals surface area contributed by atoms with Crippen LogP contribution in [0.25, 0.3) is 0 Å². The number of hydrogen-bond donors (Lipinski definition) is 2. The van der Waals surface area contributed by atoms with E-state index >= 15 is 0 Å². The summed E-state index contributed by atoms with van der Waals surface area (Å²) in [4.78, 5) is 2.04. The number of nitrogen functional groups attached to an aromatic ring is 1. The van der Waals surface area contributed by atoms with Crippen molar-refractivity contribution in [3.8, 4) is 0 Å². The van der Waals surface area contributed by atoms with Gasteiger partial charge in [0.1, 0.15) is 11.7 Å². The molecule has 0 saturated heterocycles. The summed E-state index contributed by atoms with van der Waals surface area (Å²) in [6.45, 7) is 4.59. The van der Waals surface area contributed by atoms with Gasteiger partial charge in [-0.05, 0) is 49.3 Å². The van der Waals surface area contributed by atoms with E-state index in [0.29, 0.717) is 22.7 Å². The maximum absolute atomic E-state index is 14.2. The molecule has 1 aromatic carbocycles. The molecule has 1 aliphatic rings. The van der Waals surface area contributed by atoms with Crippen molar-refractivity contribution in [3.05, 3.63) is 29.6 Å². The summed E-state index contributed by atoms with van der Waals surface area (Å²) in [6, 6.07) is 5.18. The quantitative estimate of drug-likeness (QED) is 0.656. The molecule has 1 aromatic rings. The molecular weight excluding hydrogens is 253 g/mol. The predicted molar refractivity (Wildman–Crippen MR) is 81.9 cm³/mol. The molecule has 0 atom stereocenters. The lowest BCUT2D eigenvalue weighted by Crippen LogP contribution is -2.37. The Balaban J connectivity index is 2.13. The maximum atomic E-state index is 14.2. The number of rotatable bonds is 3. The average Bonchev–Trinajstić information content (AvgIpc) is 2.37. The van der Waals surface area contributed by atoms with Crippen molar-refractivity contribution >= 4 is 11.5 Å². The number of nitrogens with two attached hydrogens (primary N) is 1. The second-order valence-corrected chi connectivity index (χ2v) is 6.59. The van der Waals surface area contributed by atoms with Crippen molar-refractivity contribution < 1.29 is 4.39 Å². The van der Waals surface area contributed by atoms with Gasteiger partial charge in [0, 0.05) is 18.7 Å². The van der Waals surface area contributed by atoms with Gasteiger partial charge < -0.3 is 10.6 Å². The molecule has 0 amide bonds. The first kappa shape index (κ1) is 14.8. The Morgan fingerprint density at radius 1 is 1.35 bits per heavy atom. The van der Waals surface area contributed by atoms with Gasteiger partial charge >= 0.3 is 0 Å². The molecule has 0 bridgehead atoms. The minimum Gasteiger partial charge on any atom is -0.384 e. The van der Waals surface area contributed by atoms with E-state index in [9.17, 15) is 4.39 Å². The Bertz CT molecular complexity index is 500. The Hall–Kier alpha value is -1.58. The van der Waals surface area contributed by atoms with E-state index in [1.54, 1.807) is 12.1 Å². The van der Waals surface area contributed by atoms with Crippen molar-refractivity contribution in [2.45, 2.75) is 45.6 Å². The van der Waals surface area contributed by atoms with E-state index in [4.69, 9.17) is 11.1 Å². The number of benzene rings is 1. The van der Waals surface area contributed by atoms with Crippen molar-refractivity contribution in [1.82, 2.24) is 0 Å². The van der Waals surface area contributed by atoms with Crippen LogP contribution in [0.1, 0.15) is 45.1 Å². The van der Waals surface area contributed by atoms with Gasteiger partial charge in [0.05, 0.1) is 5.69 Å². The predicted octanol–water partition coefficient (Wildman–Crippen LogP) is 3.51. The third kappa shape index (κ3) is 3.11. The maximum Gasteiger partial charge on any atom is 0.147 e. The molecule has 1 fully saturated rings. The minimum atomic E-state index is -0.301. The lowest BCUT2D eigenvalue weighted by molar-refractivity contribution is 0.222. The van der Waals surface area contributed by atoms with Crippen LogP contribution in [0, 0.1) is 16.6 Å². The molecule has 0 unspecified atom stereocenters. The normalized spacial score (nSPS) is 18.8. The summed E-state index contributed by atoms with van der Waals surface area (Å²) in [6.07, 6.45) is 4.54. The van der Waals surface area contributed by atoms with Crippen molar-refractivity contribution in [1.29, 1.82) is 5.41 Å². The largest absolute Gasteiger partial charge is 0.384 e. The minimum absolute atomic E-state index is 0.0995. The zero-order valence-corrected chi connectivity index (χ0v) is 12.5. The highest BCUT2D eigenvalue weighted by atomic mass is 19.1. The van der Waals surface area contributed by atoms with Crippen molar-refractivity contribution in [2.24, 2.45) is 11.1 Å². The van der Waals surface area contributed by atoms with Crippen LogP contribution in [0.4, 0.5) is 10.1 Å². The first-order chi connectivity index (χ1) is 9.30. The topological polar surface area (TPSA) is 53.1 Å². The lowest BCUT2D eigenvalue weighted by atomic mass is 9.75. The second kappa shape index (κ2) is 5.43. The van der Waals surface area contributed by atoms with Crippen LogP contribution in [-0.4, -0.2) is 18.9 Å². The van der Waals surface area contributed by atoms with Gasteiger partial charge in [-0.1, -0.05) is 13.8 Å². The fraction of sp³-hybridized carbons (Fsp3) is 0.562. The van der Waals surface area contributed by atoms with Gasteiger partial charge in [-0.2, -0.15) is 0 Å². The Morgan fingerprint density at radius 3 is 2.45 bits per heavy atom. The van der Waals surface area contributed by atoms with Gasteiger partial charge in [-0.3, -0.25) is 5.41 Å². The van der Waals surface area contributed by atoms with E-state index in [-0.39, 0.29) is 11.7 Å². The monoisotopic (exact) mass is 277 g/mol. The third-order valence-corrected chi connectivity index (χ3v) is 4.50. The van der Waals surface area contributed by atoms with Crippen LogP contribution >= 0.6 is 0 Å². The SMILES string of the molecule is CN(c1ccc(C(=N)N)cc1F)C1CCC(C)(C)CC1. The van der Waals surface area contributed by atoms with Crippen molar-refractivity contribution in [2.75, 3.05) is 11.9 Å². The summed E-state index contributed by atoms with van der Waals surface area (Å²) in [5.41, 5.74) is 6.83. The number of nitrogens with zero attached hydrogens (tertiary/aromatic N) is 1. The number of amidine groups is 1. The molecule has 0 aliphatic heterocycles. The molecular formula is C16H24FN3. The number of nitrogens with one attached hydrogen (secondary N) is 1. The summed E-state index contributed by atoms with van der Waals surface area (Å²) in [7, 11) is 1.95. The molecule has 3 nitrogen and oxygen atoms in total. The third-order valence-electron chi connectivity index (χ3n) is 4.50. The van der Waals surface area contributed by atoms with Crippen LogP contribution in [0.15, 0.2) is 18.2 Å². The van der Waals surface area contributed by atoms with Crippen LogP contribution in [0.5, 0.6) is 0 Å². The van der Waals surface area contributed by atoms with Gasteiger partial charge in [-0.25, -0.2) is 4.39 Å². The molecule has 2 rings (SSSR count). The zero-order chi connectivity index (χ0) is 14.9. The second-order valence-electron chi connectivity index (χ2n) is 6.59. The smallest absolute Gasteiger partial charge is 0.147 e. The van der Waals surface area contributed by atoms with E-state index in [0.717, 1.165) is 12.8 Å². The standard InChI is InChI=1S/C16H24FN3/c1-16(2)8-6-12(7-9-16)20(3)14-5-4-11(15(18)19)10-13(14)17/h4-5,10,12H,6-9H2,1-3H3,(H3,18,19). The summed E-state index contributed by atoms with van der Waals surface area (Å²) in [5.74, 6) is -0.400. The van der Waals surface area contributed by atoms with Gasteiger partial charge in [0.25, 0.3) is 0 Å². The lowest BCUT2D eigenvalue weighted by Gasteiger charge is -2.39. The van der Waals surface area contributed by atoms with E-state index in [1.165, 1.54) is 18.9 Å². The first-order valence-corrected chi connectivity index (χ1v) is 7.17. The fourth-order valence-electron chi connectivity index (χ4n) is 2.93. The molecule has 0 spiro atoms. The van der Waals surface area contributed by atoms with Crippen LogP contribution in [-0.2, 0) is 0 Å². The van der Waals surface area contributed by atoms with Gasteiger partial charge in [0.2, 0.25) is 0 Å². The van der Waals surface area contributed by atoms with Gasteiger partial charge in [0.15, 0.2) is 0 Å². The Labute approximate surface area is 120 Å². The summed E-state index contributed by atoms with van der Waals surface area (Å²) in [5, 5.41) is 7.35. The first-order valence-electron chi connectivity index (χ1n) is 7.17. The van der Waals surface area contributed by atoms with Gasteiger partial charge in [-0.15, -0.1) is 0 Å². The highest BCUT2D eigenvalue weighted by Gasteiger charge is 2.29. The molecule has 3 N–H and O–H groups in total. The number of halogens is 1. The molecule has 0 radical (unpaired) electrons. The molecule has 1 saturated carbocycles. The molecule has 0 aromatic heterocycles. The number of anilines is 1. The van der Waals surface area contributed by atoms with Crippen LogP contribution in [0.2, 0.25) is 0 Å². The highest BCUT2D eigenvalue weighted by Crippen LogP contribution is 2.38.